The fourth-order valence-electron chi connectivity index (χ4n) is 2.67. The van der Waals surface area contributed by atoms with E-state index in [0.717, 1.165) is 16.8 Å². The molecule has 3 aromatic rings. The molecule has 0 bridgehead atoms. The topological polar surface area (TPSA) is 68.5 Å². The highest BCUT2D eigenvalue weighted by Crippen LogP contribution is 2.38. The van der Waals surface area contributed by atoms with Gasteiger partial charge in [-0.05, 0) is 29.8 Å². The van der Waals surface area contributed by atoms with Crippen molar-refractivity contribution in [1.82, 2.24) is 4.98 Å². The van der Waals surface area contributed by atoms with E-state index < -0.39 is 0 Å². The number of amides is 1. The summed E-state index contributed by atoms with van der Waals surface area (Å²) in [6.45, 7) is 0. The molecule has 2 N–H and O–H groups in total. The number of ether oxygens (including phenoxy) is 1. The Kier molecular flexibility index (Phi) is 3.74. The first-order valence-corrected chi connectivity index (χ1v) is 8.58. The average molecular weight is 349 g/mol. The standard InChI is InChI=1S/C19H15N3O2S/c1-22-15-10-13(14-11-25-19(20)21-14)7-8-16(15)24-17(18(22)23)9-12-5-3-2-4-6-12/h2-11H,1H3,(H2,20,21)/b17-9+. The first-order chi connectivity index (χ1) is 12.1. The number of nitrogens with two attached hydrogens (primary N) is 1. The largest absolute Gasteiger partial charge is 0.449 e. The van der Waals surface area contributed by atoms with E-state index in [1.54, 1.807) is 18.0 Å². The number of nitrogen functional groups attached to an aromatic ring is 1. The van der Waals surface area contributed by atoms with Crippen LogP contribution in [0.2, 0.25) is 0 Å². The van der Waals surface area contributed by atoms with Gasteiger partial charge in [0.05, 0.1) is 11.4 Å². The normalized spacial score (nSPS) is 15.2. The molecule has 0 radical (unpaired) electrons. The number of aromatic nitrogens is 1. The predicted octanol–water partition coefficient (Wildman–Crippen LogP) is 3.79. The van der Waals surface area contributed by atoms with Gasteiger partial charge in [0.2, 0.25) is 0 Å². The molecule has 1 aliphatic heterocycles. The van der Waals surface area contributed by atoms with Crippen molar-refractivity contribution in [3.63, 3.8) is 0 Å². The summed E-state index contributed by atoms with van der Waals surface area (Å²) < 4.78 is 5.84. The number of hydrogen-bond donors (Lipinski definition) is 1. The van der Waals surface area contributed by atoms with Gasteiger partial charge in [0, 0.05) is 18.0 Å². The zero-order valence-corrected chi connectivity index (χ0v) is 14.3. The fraction of sp³-hybridized carbons (Fsp3) is 0.0526. The lowest BCUT2D eigenvalue weighted by Gasteiger charge is -2.27. The van der Waals surface area contributed by atoms with Gasteiger partial charge in [-0.3, -0.25) is 4.79 Å². The van der Waals surface area contributed by atoms with Crippen LogP contribution in [0, 0.1) is 0 Å². The van der Waals surface area contributed by atoms with E-state index in [9.17, 15) is 4.79 Å². The van der Waals surface area contributed by atoms with Crippen molar-refractivity contribution in [3.05, 3.63) is 65.2 Å². The van der Waals surface area contributed by atoms with E-state index >= 15 is 0 Å². The summed E-state index contributed by atoms with van der Waals surface area (Å²) in [5, 5.41) is 2.41. The van der Waals surface area contributed by atoms with E-state index in [0.29, 0.717) is 22.3 Å². The molecule has 1 amide bonds. The minimum absolute atomic E-state index is 0.189. The number of nitrogens with zero attached hydrogens (tertiary/aromatic N) is 2. The van der Waals surface area contributed by atoms with E-state index in [1.807, 2.05) is 53.9 Å². The maximum absolute atomic E-state index is 12.6. The molecule has 0 aliphatic carbocycles. The summed E-state index contributed by atoms with van der Waals surface area (Å²) in [4.78, 5) is 18.5. The Morgan fingerprint density at radius 1 is 1.20 bits per heavy atom. The number of thiazole rings is 1. The number of benzene rings is 2. The van der Waals surface area contributed by atoms with Crippen LogP contribution in [0.15, 0.2) is 59.7 Å². The van der Waals surface area contributed by atoms with Crippen LogP contribution in [0.1, 0.15) is 5.56 Å². The van der Waals surface area contributed by atoms with Gasteiger partial charge in [-0.1, -0.05) is 30.3 Å². The van der Waals surface area contributed by atoms with Crippen molar-refractivity contribution in [2.24, 2.45) is 0 Å². The lowest BCUT2D eigenvalue weighted by atomic mass is 10.1. The molecule has 1 aromatic heterocycles. The van der Waals surface area contributed by atoms with Gasteiger partial charge in [-0.2, -0.15) is 0 Å². The number of fused-ring (bicyclic) bond motifs is 1. The summed E-state index contributed by atoms with van der Waals surface area (Å²) >= 11 is 1.39. The van der Waals surface area contributed by atoms with Crippen molar-refractivity contribution < 1.29 is 9.53 Å². The zero-order chi connectivity index (χ0) is 17.4. The van der Waals surface area contributed by atoms with Crippen molar-refractivity contribution in [3.8, 4) is 17.0 Å². The number of anilines is 2. The van der Waals surface area contributed by atoms with Gasteiger partial charge in [0.25, 0.3) is 5.91 Å². The Labute approximate surface area is 149 Å². The van der Waals surface area contributed by atoms with Gasteiger partial charge in [0.15, 0.2) is 16.6 Å². The minimum Gasteiger partial charge on any atom is -0.449 e. The van der Waals surface area contributed by atoms with Crippen LogP contribution in [0.4, 0.5) is 10.8 Å². The number of likely N-dealkylation sites (N-methyl/N-ethyl adjacent to an activating group) is 1. The molecule has 0 fully saturated rings. The van der Waals surface area contributed by atoms with Crippen LogP contribution in [-0.4, -0.2) is 17.9 Å². The second-order valence-corrected chi connectivity index (χ2v) is 6.53. The SMILES string of the molecule is CN1C(=O)/C(=C\c2ccccc2)Oc2ccc(-c3csc(N)n3)cc21. The second-order valence-electron chi connectivity index (χ2n) is 5.64. The second kappa shape index (κ2) is 6.07. The molecule has 0 saturated heterocycles. The molecule has 0 atom stereocenters. The zero-order valence-electron chi connectivity index (χ0n) is 13.5. The maximum Gasteiger partial charge on any atom is 0.293 e. The Bertz CT molecular complexity index is 979. The van der Waals surface area contributed by atoms with E-state index in [-0.39, 0.29) is 5.91 Å². The van der Waals surface area contributed by atoms with Crippen molar-refractivity contribution in [2.75, 3.05) is 17.7 Å². The van der Waals surface area contributed by atoms with E-state index in [1.165, 1.54) is 11.3 Å². The molecule has 5 nitrogen and oxygen atoms in total. The maximum atomic E-state index is 12.6. The Morgan fingerprint density at radius 2 is 2.00 bits per heavy atom. The lowest BCUT2D eigenvalue weighted by molar-refractivity contribution is -0.117. The van der Waals surface area contributed by atoms with Gasteiger partial charge in [-0.25, -0.2) is 4.98 Å². The molecule has 0 saturated carbocycles. The summed E-state index contributed by atoms with van der Waals surface area (Å²) in [5.41, 5.74) is 9.01. The lowest BCUT2D eigenvalue weighted by Crippen LogP contribution is -2.33. The first kappa shape index (κ1) is 15.4. The minimum atomic E-state index is -0.189. The number of rotatable bonds is 2. The molecular weight excluding hydrogens is 334 g/mol. The smallest absolute Gasteiger partial charge is 0.293 e. The third kappa shape index (κ3) is 2.88. The van der Waals surface area contributed by atoms with Crippen molar-refractivity contribution in [1.29, 1.82) is 0 Å². The van der Waals surface area contributed by atoms with Gasteiger partial charge in [-0.15, -0.1) is 11.3 Å². The number of carbonyl (C=O) groups is 1. The third-order valence-electron chi connectivity index (χ3n) is 3.97. The molecule has 1 aliphatic rings. The summed E-state index contributed by atoms with van der Waals surface area (Å²) in [6, 6.07) is 15.3. The highest BCUT2D eigenvalue weighted by Gasteiger charge is 2.28. The van der Waals surface area contributed by atoms with Gasteiger partial charge in [0.1, 0.15) is 0 Å². The Morgan fingerprint density at radius 3 is 2.72 bits per heavy atom. The molecule has 124 valence electrons. The Hall–Kier alpha value is -3.12. The summed E-state index contributed by atoms with van der Waals surface area (Å²) in [6.07, 6.45) is 1.75. The molecule has 2 aromatic carbocycles. The number of hydrogen-bond acceptors (Lipinski definition) is 5. The molecule has 6 heteroatoms. The highest BCUT2D eigenvalue weighted by atomic mass is 32.1. The van der Waals surface area contributed by atoms with E-state index in [2.05, 4.69) is 4.98 Å². The third-order valence-corrected chi connectivity index (χ3v) is 4.64. The summed E-state index contributed by atoms with van der Waals surface area (Å²) in [5.74, 6) is 0.745. The molecular formula is C19H15N3O2S. The molecule has 0 unspecified atom stereocenters. The summed E-state index contributed by atoms with van der Waals surface area (Å²) in [7, 11) is 1.74. The van der Waals surface area contributed by atoms with Crippen LogP contribution in [0.3, 0.4) is 0 Å². The number of carbonyl (C=O) groups excluding carboxylic acids is 1. The van der Waals surface area contributed by atoms with E-state index in [4.69, 9.17) is 10.5 Å². The molecule has 4 rings (SSSR count). The van der Waals surface area contributed by atoms with Crippen LogP contribution in [-0.2, 0) is 4.79 Å². The average Bonchev–Trinajstić information content (AvgIpc) is 3.06. The first-order valence-electron chi connectivity index (χ1n) is 7.70. The van der Waals surface area contributed by atoms with Crippen LogP contribution >= 0.6 is 11.3 Å². The monoisotopic (exact) mass is 349 g/mol. The van der Waals surface area contributed by atoms with Crippen LogP contribution in [0.5, 0.6) is 5.75 Å². The van der Waals surface area contributed by atoms with Crippen LogP contribution in [0.25, 0.3) is 17.3 Å². The predicted molar refractivity (Wildman–Crippen MR) is 100 cm³/mol. The molecule has 0 spiro atoms. The van der Waals surface area contributed by atoms with Gasteiger partial charge >= 0.3 is 0 Å². The van der Waals surface area contributed by atoms with Crippen LogP contribution < -0.4 is 15.4 Å². The fourth-order valence-corrected chi connectivity index (χ4v) is 3.25. The van der Waals surface area contributed by atoms with Gasteiger partial charge < -0.3 is 15.4 Å². The molecule has 2 heterocycles. The van der Waals surface area contributed by atoms with Crippen molar-refractivity contribution in [2.45, 2.75) is 0 Å². The van der Waals surface area contributed by atoms with Crippen molar-refractivity contribution >= 4 is 34.1 Å². The molecule has 25 heavy (non-hydrogen) atoms. The quantitative estimate of drug-likeness (QED) is 0.715. The Balaban J connectivity index is 1.72. The highest BCUT2D eigenvalue weighted by molar-refractivity contribution is 7.13.